The van der Waals surface area contributed by atoms with Crippen molar-refractivity contribution in [3.05, 3.63) is 45.4 Å². The lowest BCUT2D eigenvalue weighted by Crippen LogP contribution is -2.32. The van der Waals surface area contributed by atoms with Gasteiger partial charge >= 0.3 is 6.03 Å². The molecule has 7 heteroatoms. The van der Waals surface area contributed by atoms with E-state index in [1.807, 2.05) is 6.92 Å². The Morgan fingerprint density at radius 3 is 2.95 bits per heavy atom. The lowest BCUT2D eigenvalue weighted by molar-refractivity contribution is 0.178. The molecule has 2 rings (SSSR count). The van der Waals surface area contributed by atoms with Crippen LogP contribution in [0.15, 0.2) is 30.5 Å². The van der Waals surface area contributed by atoms with Gasteiger partial charge in [0, 0.05) is 22.5 Å². The summed E-state index contributed by atoms with van der Waals surface area (Å²) in [5.74, 6) is 0. The summed E-state index contributed by atoms with van der Waals surface area (Å²) >= 11 is 7.08. The maximum absolute atomic E-state index is 11.7. The van der Waals surface area contributed by atoms with Gasteiger partial charge in [-0.2, -0.15) is 0 Å². The number of hydrogen-bond acceptors (Lipinski definition) is 4. The Balaban J connectivity index is 1.83. The molecule has 0 fully saturated rings. The summed E-state index contributed by atoms with van der Waals surface area (Å²) in [4.78, 5) is 16.4. The molecule has 2 aromatic heterocycles. The van der Waals surface area contributed by atoms with Gasteiger partial charge in [0.05, 0.1) is 10.9 Å². The zero-order valence-electron chi connectivity index (χ0n) is 10.8. The summed E-state index contributed by atoms with van der Waals surface area (Å²) in [5, 5.41) is 15.2. The van der Waals surface area contributed by atoms with Crippen molar-refractivity contribution in [3.63, 3.8) is 0 Å². The minimum absolute atomic E-state index is 0.118. The molecular weight excluding hydrogens is 298 g/mol. The maximum atomic E-state index is 11.7. The summed E-state index contributed by atoms with van der Waals surface area (Å²) in [5.41, 5.74) is 1.47. The average molecular weight is 312 g/mol. The number of rotatable bonds is 4. The Morgan fingerprint density at radius 2 is 2.30 bits per heavy atom. The highest BCUT2D eigenvalue weighted by molar-refractivity contribution is 7.16. The number of aryl methyl sites for hydroxylation is 1. The van der Waals surface area contributed by atoms with Gasteiger partial charge < -0.3 is 15.7 Å². The van der Waals surface area contributed by atoms with E-state index < -0.39 is 6.10 Å². The number of nitrogens with one attached hydrogen (secondary N) is 2. The van der Waals surface area contributed by atoms with Gasteiger partial charge in [-0.1, -0.05) is 11.6 Å². The van der Waals surface area contributed by atoms with Gasteiger partial charge in [0.25, 0.3) is 0 Å². The number of urea groups is 1. The molecular formula is C13H14ClN3O2S. The quantitative estimate of drug-likeness (QED) is 0.812. The highest BCUT2D eigenvalue weighted by Crippen LogP contribution is 2.26. The topological polar surface area (TPSA) is 74.2 Å². The largest absolute Gasteiger partial charge is 0.386 e. The monoisotopic (exact) mass is 311 g/mol. The van der Waals surface area contributed by atoms with Gasteiger partial charge in [-0.3, -0.25) is 4.98 Å². The van der Waals surface area contributed by atoms with Crippen LogP contribution >= 0.6 is 22.9 Å². The molecule has 0 aromatic carbocycles. The molecule has 0 spiro atoms. The van der Waals surface area contributed by atoms with E-state index in [-0.39, 0.29) is 12.6 Å². The molecule has 5 nitrogen and oxygen atoms in total. The predicted octanol–water partition coefficient (Wildman–Crippen LogP) is 2.96. The number of aliphatic hydroxyl groups is 1. The molecule has 2 amide bonds. The molecule has 20 heavy (non-hydrogen) atoms. The van der Waals surface area contributed by atoms with Gasteiger partial charge in [0.15, 0.2) is 0 Å². The molecule has 0 saturated carbocycles. The fraction of sp³-hybridized carbons (Fsp3) is 0.231. The van der Waals surface area contributed by atoms with Crippen molar-refractivity contribution >= 4 is 34.7 Å². The van der Waals surface area contributed by atoms with Crippen molar-refractivity contribution in [2.24, 2.45) is 0 Å². The zero-order chi connectivity index (χ0) is 14.5. The van der Waals surface area contributed by atoms with Crippen LogP contribution in [-0.2, 0) is 0 Å². The van der Waals surface area contributed by atoms with E-state index in [0.717, 1.165) is 10.6 Å². The average Bonchev–Trinajstić information content (AvgIpc) is 2.83. The summed E-state index contributed by atoms with van der Waals surface area (Å²) in [6, 6.07) is 6.53. The first-order valence-corrected chi connectivity index (χ1v) is 7.15. The molecule has 2 aromatic rings. The number of amides is 2. The first kappa shape index (κ1) is 14.8. The third kappa shape index (κ3) is 4.19. The van der Waals surface area contributed by atoms with Crippen LogP contribution in [0.25, 0.3) is 0 Å². The fourth-order valence-corrected chi connectivity index (χ4v) is 2.64. The number of aromatic nitrogens is 1. The number of aliphatic hydroxyl groups excluding tert-OH is 1. The van der Waals surface area contributed by atoms with Crippen molar-refractivity contribution in [2.45, 2.75) is 13.0 Å². The lowest BCUT2D eigenvalue weighted by atomic mass is 10.3. The van der Waals surface area contributed by atoms with Crippen molar-refractivity contribution in [1.29, 1.82) is 0 Å². The molecule has 106 valence electrons. The number of anilines is 1. The van der Waals surface area contributed by atoms with Gasteiger partial charge in [-0.25, -0.2) is 4.79 Å². The predicted molar refractivity (Wildman–Crippen MR) is 80.3 cm³/mol. The molecule has 0 aliphatic heterocycles. The molecule has 0 aliphatic carbocycles. The molecule has 1 atom stereocenters. The first-order chi connectivity index (χ1) is 9.54. The highest BCUT2D eigenvalue weighted by atomic mass is 35.5. The van der Waals surface area contributed by atoms with Crippen molar-refractivity contribution in [1.82, 2.24) is 10.3 Å². The second-order valence-electron chi connectivity index (χ2n) is 4.18. The lowest BCUT2D eigenvalue weighted by Gasteiger charge is -2.11. The zero-order valence-corrected chi connectivity index (χ0v) is 12.3. The van der Waals surface area contributed by atoms with E-state index in [4.69, 9.17) is 11.6 Å². The second-order valence-corrected chi connectivity index (χ2v) is 5.93. The van der Waals surface area contributed by atoms with Gasteiger partial charge in [-0.05, 0) is 31.2 Å². The number of carbonyl (C=O) groups is 1. The summed E-state index contributed by atoms with van der Waals surface area (Å²) in [7, 11) is 0. The summed E-state index contributed by atoms with van der Waals surface area (Å²) in [6.45, 7) is 1.96. The first-order valence-electron chi connectivity index (χ1n) is 5.95. The van der Waals surface area contributed by atoms with E-state index in [0.29, 0.717) is 10.0 Å². The number of pyridine rings is 1. The van der Waals surface area contributed by atoms with Crippen molar-refractivity contribution < 1.29 is 9.90 Å². The van der Waals surface area contributed by atoms with E-state index in [9.17, 15) is 9.90 Å². The number of hydrogen-bond donors (Lipinski definition) is 3. The standard InChI is InChI=1S/C13H14ClN3O2S/c1-8-6-9(4-5-15-8)17-13(19)16-7-10(18)11-2-3-12(14)20-11/h2-6,10,18H,7H2,1H3,(H2,15,16,17,19). The minimum atomic E-state index is -0.766. The molecule has 0 bridgehead atoms. The third-order valence-electron chi connectivity index (χ3n) is 2.53. The van der Waals surface area contributed by atoms with Crippen molar-refractivity contribution in [2.75, 3.05) is 11.9 Å². The van der Waals surface area contributed by atoms with Crippen LogP contribution in [-0.4, -0.2) is 22.7 Å². The molecule has 0 radical (unpaired) electrons. The van der Waals surface area contributed by atoms with E-state index in [1.54, 1.807) is 30.5 Å². The minimum Gasteiger partial charge on any atom is -0.386 e. The highest BCUT2D eigenvalue weighted by Gasteiger charge is 2.11. The number of carbonyl (C=O) groups excluding carboxylic acids is 1. The Bertz CT molecular complexity index is 603. The number of thiophene rings is 1. The number of halogens is 1. The SMILES string of the molecule is Cc1cc(NC(=O)NCC(O)c2ccc(Cl)s2)ccn1. The van der Waals surface area contributed by atoms with Crippen LogP contribution < -0.4 is 10.6 Å². The molecule has 0 aliphatic rings. The van der Waals surface area contributed by atoms with E-state index >= 15 is 0 Å². The van der Waals surface area contributed by atoms with Crippen LogP contribution in [0.3, 0.4) is 0 Å². The molecule has 2 heterocycles. The van der Waals surface area contributed by atoms with Crippen LogP contribution in [0.2, 0.25) is 4.34 Å². The fourth-order valence-electron chi connectivity index (χ4n) is 1.60. The maximum Gasteiger partial charge on any atom is 0.319 e. The molecule has 0 saturated heterocycles. The Morgan fingerprint density at radius 1 is 1.50 bits per heavy atom. The second kappa shape index (κ2) is 6.69. The summed E-state index contributed by atoms with van der Waals surface area (Å²) in [6.07, 6.45) is 0.852. The van der Waals surface area contributed by atoms with Crippen LogP contribution in [0, 0.1) is 6.92 Å². The Kier molecular flexibility index (Phi) is 4.94. The molecule has 1 unspecified atom stereocenters. The molecule has 3 N–H and O–H groups in total. The smallest absolute Gasteiger partial charge is 0.319 e. The normalized spacial score (nSPS) is 11.9. The number of nitrogens with zero attached hydrogens (tertiary/aromatic N) is 1. The third-order valence-corrected chi connectivity index (χ3v) is 3.87. The Labute approximate surface area is 125 Å². The van der Waals surface area contributed by atoms with Gasteiger partial charge in [0.1, 0.15) is 6.10 Å². The van der Waals surface area contributed by atoms with Gasteiger partial charge in [0.2, 0.25) is 0 Å². The van der Waals surface area contributed by atoms with Gasteiger partial charge in [-0.15, -0.1) is 11.3 Å². The van der Waals surface area contributed by atoms with Crippen LogP contribution in [0.5, 0.6) is 0 Å². The van der Waals surface area contributed by atoms with E-state index in [1.165, 1.54) is 11.3 Å². The van der Waals surface area contributed by atoms with Crippen LogP contribution in [0.1, 0.15) is 16.7 Å². The van der Waals surface area contributed by atoms with Crippen LogP contribution in [0.4, 0.5) is 10.5 Å². The van der Waals surface area contributed by atoms with E-state index in [2.05, 4.69) is 15.6 Å². The van der Waals surface area contributed by atoms with Crippen molar-refractivity contribution in [3.8, 4) is 0 Å². The summed E-state index contributed by atoms with van der Waals surface area (Å²) < 4.78 is 0.607. The Hall–Kier alpha value is -1.63.